The van der Waals surface area contributed by atoms with Crippen molar-refractivity contribution < 1.29 is 0 Å². The van der Waals surface area contributed by atoms with Crippen LogP contribution in [0.5, 0.6) is 0 Å². The van der Waals surface area contributed by atoms with Crippen LogP contribution in [0.25, 0.3) is 0 Å². The van der Waals surface area contributed by atoms with Gasteiger partial charge < -0.3 is 4.90 Å². The standard InChI is InChI=1S/C14H22N2/c1-14(2,3)12-7-6-10-16(11-12)13-8-4-5-9-15-13/h4-5,8-9,12H,6-7,10-11H2,1-3H3. The molecular weight excluding hydrogens is 196 g/mol. The van der Waals surface area contributed by atoms with Crippen LogP contribution in [0.3, 0.4) is 0 Å². The van der Waals surface area contributed by atoms with Gasteiger partial charge in [0, 0.05) is 19.3 Å². The molecule has 1 unspecified atom stereocenters. The van der Waals surface area contributed by atoms with Crippen molar-refractivity contribution in [2.24, 2.45) is 11.3 Å². The van der Waals surface area contributed by atoms with Gasteiger partial charge in [-0.05, 0) is 36.3 Å². The lowest BCUT2D eigenvalue weighted by molar-refractivity contribution is 0.208. The fourth-order valence-corrected chi connectivity index (χ4v) is 2.43. The molecule has 1 aliphatic rings. The van der Waals surface area contributed by atoms with Gasteiger partial charge in [-0.25, -0.2) is 4.98 Å². The Hall–Kier alpha value is -1.05. The number of aromatic nitrogens is 1. The fourth-order valence-electron chi connectivity index (χ4n) is 2.43. The van der Waals surface area contributed by atoms with E-state index >= 15 is 0 Å². The Morgan fingerprint density at radius 3 is 2.75 bits per heavy atom. The minimum Gasteiger partial charge on any atom is -0.356 e. The van der Waals surface area contributed by atoms with E-state index in [1.165, 1.54) is 12.8 Å². The number of pyridine rings is 1. The van der Waals surface area contributed by atoms with Crippen LogP contribution in [0.2, 0.25) is 0 Å². The van der Waals surface area contributed by atoms with Gasteiger partial charge in [0.25, 0.3) is 0 Å². The molecule has 1 atom stereocenters. The third-order valence-electron chi connectivity index (χ3n) is 3.62. The molecule has 1 aliphatic heterocycles. The van der Waals surface area contributed by atoms with Crippen molar-refractivity contribution in [3.63, 3.8) is 0 Å². The number of anilines is 1. The Kier molecular flexibility index (Phi) is 3.17. The molecule has 0 bridgehead atoms. The predicted molar refractivity (Wildman–Crippen MR) is 68.6 cm³/mol. The van der Waals surface area contributed by atoms with Gasteiger partial charge >= 0.3 is 0 Å². The molecule has 1 aromatic heterocycles. The van der Waals surface area contributed by atoms with Crippen LogP contribution >= 0.6 is 0 Å². The fraction of sp³-hybridized carbons (Fsp3) is 0.643. The number of piperidine rings is 1. The average molecular weight is 218 g/mol. The lowest BCUT2D eigenvalue weighted by Crippen LogP contribution is -2.40. The zero-order valence-corrected chi connectivity index (χ0v) is 10.6. The molecule has 16 heavy (non-hydrogen) atoms. The van der Waals surface area contributed by atoms with E-state index in [9.17, 15) is 0 Å². The van der Waals surface area contributed by atoms with E-state index in [2.05, 4.69) is 42.8 Å². The number of rotatable bonds is 1. The van der Waals surface area contributed by atoms with Crippen molar-refractivity contribution in [3.8, 4) is 0 Å². The summed E-state index contributed by atoms with van der Waals surface area (Å²) in [5.41, 5.74) is 0.410. The molecule has 2 rings (SSSR count). The van der Waals surface area contributed by atoms with Crippen LogP contribution in [-0.4, -0.2) is 18.1 Å². The first kappa shape index (κ1) is 11.4. The Labute approximate surface area is 98.7 Å². The summed E-state index contributed by atoms with van der Waals surface area (Å²) in [5.74, 6) is 1.92. The first-order chi connectivity index (χ1) is 7.57. The first-order valence-corrected chi connectivity index (χ1v) is 6.23. The van der Waals surface area contributed by atoms with Crippen molar-refractivity contribution in [3.05, 3.63) is 24.4 Å². The highest BCUT2D eigenvalue weighted by Gasteiger charge is 2.29. The molecule has 2 heterocycles. The van der Waals surface area contributed by atoms with E-state index in [0.29, 0.717) is 5.41 Å². The predicted octanol–water partition coefficient (Wildman–Crippen LogP) is 3.34. The van der Waals surface area contributed by atoms with Crippen molar-refractivity contribution in [2.75, 3.05) is 18.0 Å². The van der Waals surface area contributed by atoms with Crippen LogP contribution in [0.1, 0.15) is 33.6 Å². The van der Waals surface area contributed by atoms with Crippen molar-refractivity contribution in [1.29, 1.82) is 0 Å². The van der Waals surface area contributed by atoms with E-state index < -0.39 is 0 Å². The zero-order chi connectivity index (χ0) is 11.6. The van der Waals surface area contributed by atoms with Gasteiger partial charge in [-0.15, -0.1) is 0 Å². The van der Waals surface area contributed by atoms with Crippen molar-refractivity contribution in [1.82, 2.24) is 4.98 Å². The van der Waals surface area contributed by atoms with Gasteiger partial charge in [0.15, 0.2) is 0 Å². The molecule has 0 aromatic carbocycles. The number of hydrogen-bond acceptors (Lipinski definition) is 2. The number of nitrogens with zero attached hydrogens (tertiary/aromatic N) is 2. The van der Waals surface area contributed by atoms with Crippen LogP contribution in [-0.2, 0) is 0 Å². The first-order valence-electron chi connectivity index (χ1n) is 6.23. The lowest BCUT2D eigenvalue weighted by Gasteiger charge is -2.40. The van der Waals surface area contributed by atoms with Crippen LogP contribution < -0.4 is 4.90 Å². The van der Waals surface area contributed by atoms with Crippen molar-refractivity contribution in [2.45, 2.75) is 33.6 Å². The second kappa shape index (κ2) is 4.44. The normalized spacial score (nSPS) is 22.2. The van der Waals surface area contributed by atoms with Gasteiger partial charge in [0.2, 0.25) is 0 Å². The molecule has 88 valence electrons. The Morgan fingerprint density at radius 2 is 2.12 bits per heavy atom. The molecule has 0 saturated carbocycles. The largest absolute Gasteiger partial charge is 0.356 e. The molecule has 0 aliphatic carbocycles. The van der Waals surface area contributed by atoms with Gasteiger partial charge in [-0.2, -0.15) is 0 Å². The minimum absolute atomic E-state index is 0.410. The van der Waals surface area contributed by atoms with Crippen molar-refractivity contribution >= 4 is 5.82 Å². The molecule has 1 fully saturated rings. The van der Waals surface area contributed by atoms with Gasteiger partial charge in [-0.1, -0.05) is 26.8 Å². The molecular formula is C14H22N2. The summed E-state index contributed by atoms with van der Waals surface area (Å²) in [6.07, 6.45) is 4.53. The highest BCUT2D eigenvalue weighted by atomic mass is 15.2. The third-order valence-corrected chi connectivity index (χ3v) is 3.62. The highest BCUT2D eigenvalue weighted by Crippen LogP contribution is 2.34. The summed E-state index contributed by atoms with van der Waals surface area (Å²) in [4.78, 5) is 6.87. The quantitative estimate of drug-likeness (QED) is 0.718. The summed E-state index contributed by atoms with van der Waals surface area (Å²) < 4.78 is 0. The second-order valence-corrected chi connectivity index (χ2v) is 5.84. The van der Waals surface area contributed by atoms with Crippen LogP contribution in [0.15, 0.2) is 24.4 Å². The molecule has 1 saturated heterocycles. The molecule has 0 N–H and O–H groups in total. The van der Waals surface area contributed by atoms with Gasteiger partial charge in [0.05, 0.1) is 0 Å². The summed E-state index contributed by atoms with van der Waals surface area (Å²) >= 11 is 0. The maximum absolute atomic E-state index is 4.44. The Bertz CT molecular complexity index is 326. The molecule has 1 aromatic rings. The third kappa shape index (κ3) is 2.55. The van der Waals surface area contributed by atoms with E-state index in [1.807, 2.05) is 12.3 Å². The Morgan fingerprint density at radius 1 is 1.31 bits per heavy atom. The monoisotopic (exact) mass is 218 g/mol. The lowest BCUT2D eigenvalue weighted by atomic mass is 9.76. The van der Waals surface area contributed by atoms with Crippen LogP contribution in [0.4, 0.5) is 5.82 Å². The van der Waals surface area contributed by atoms with Gasteiger partial charge in [0.1, 0.15) is 5.82 Å². The van der Waals surface area contributed by atoms with Gasteiger partial charge in [-0.3, -0.25) is 0 Å². The van der Waals surface area contributed by atoms with E-state index in [1.54, 1.807) is 0 Å². The summed E-state index contributed by atoms with van der Waals surface area (Å²) in [6.45, 7) is 9.35. The van der Waals surface area contributed by atoms with E-state index in [-0.39, 0.29) is 0 Å². The summed E-state index contributed by atoms with van der Waals surface area (Å²) in [5, 5.41) is 0. The maximum Gasteiger partial charge on any atom is 0.128 e. The molecule has 0 spiro atoms. The topological polar surface area (TPSA) is 16.1 Å². The SMILES string of the molecule is CC(C)(C)C1CCCN(c2ccccn2)C1. The summed E-state index contributed by atoms with van der Waals surface area (Å²) in [6, 6.07) is 6.17. The summed E-state index contributed by atoms with van der Waals surface area (Å²) in [7, 11) is 0. The highest BCUT2D eigenvalue weighted by molar-refractivity contribution is 5.38. The smallest absolute Gasteiger partial charge is 0.128 e. The van der Waals surface area contributed by atoms with E-state index in [0.717, 1.165) is 24.8 Å². The minimum atomic E-state index is 0.410. The molecule has 0 amide bonds. The zero-order valence-electron chi connectivity index (χ0n) is 10.6. The second-order valence-electron chi connectivity index (χ2n) is 5.84. The molecule has 0 radical (unpaired) electrons. The Balaban J connectivity index is 2.08. The van der Waals surface area contributed by atoms with E-state index in [4.69, 9.17) is 0 Å². The maximum atomic E-state index is 4.44. The average Bonchev–Trinajstić information content (AvgIpc) is 2.29. The molecule has 2 heteroatoms. The molecule has 2 nitrogen and oxygen atoms in total. The van der Waals surface area contributed by atoms with Crippen LogP contribution in [0, 0.1) is 11.3 Å². The number of hydrogen-bond donors (Lipinski definition) is 0.